The van der Waals surface area contributed by atoms with Crippen molar-refractivity contribution in [3.05, 3.63) is 82.0 Å². The van der Waals surface area contributed by atoms with Crippen LogP contribution >= 0.6 is 0 Å². The average Bonchev–Trinajstić information content (AvgIpc) is 3.05. The van der Waals surface area contributed by atoms with Crippen LogP contribution in [0.1, 0.15) is 56.4 Å². The fourth-order valence-electron chi connectivity index (χ4n) is 5.37. The Morgan fingerprint density at radius 3 is 2.69 bits per heavy atom. The van der Waals surface area contributed by atoms with Gasteiger partial charge in [-0.2, -0.15) is 0 Å². The van der Waals surface area contributed by atoms with Gasteiger partial charge in [-0.1, -0.05) is 30.4 Å². The van der Waals surface area contributed by atoms with Crippen molar-refractivity contribution in [2.75, 3.05) is 18.0 Å². The van der Waals surface area contributed by atoms with Crippen LogP contribution < -0.4 is 9.64 Å². The molecule has 1 atom stereocenters. The maximum atomic E-state index is 13.1. The predicted molar refractivity (Wildman–Crippen MR) is 128 cm³/mol. The van der Waals surface area contributed by atoms with Crippen molar-refractivity contribution in [3.8, 4) is 11.5 Å². The van der Waals surface area contributed by atoms with Crippen molar-refractivity contribution in [3.63, 3.8) is 0 Å². The van der Waals surface area contributed by atoms with Crippen LogP contribution in [-0.4, -0.2) is 19.1 Å². The molecule has 1 unspecified atom stereocenters. The normalized spacial score (nSPS) is 20.8. The van der Waals surface area contributed by atoms with Crippen LogP contribution in [0.4, 0.5) is 5.69 Å². The number of esters is 1. The Hall–Kier alpha value is -3.27. The van der Waals surface area contributed by atoms with Gasteiger partial charge in [0.15, 0.2) is 5.60 Å². The summed E-state index contributed by atoms with van der Waals surface area (Å²) in [7, 11) is 0. The first-order valence-corrected chi connectivity index (χ1v) is 11.5. The maximum Gasteiger partial charge on any atom is 0.339 e. The van der Waals surface area contributed by atoms with Gasteiger partial charge >= 0.3 is 5.97 Å². The van der Waals surface area contributed by atoms with E-state index in [1.807, 2.05) is 32.1 Å². The van der Waals surface area contributed by atoms with Gasteiger partial charge in [0, 0.05) is 30.4 Å². The second-order valence-corrected chi connectivity index (χ2v) is 8.51. The Kier molecular flexibility index (Phi) is 4.96. The monoisotopic (exact) mass is 427 g/mol. The molecule has 164 valence electrons. The Morgan fingerprint density at radius 1 is 1.12 bits per heavy atom. The molecule has 5 rings (SSSR count). The van der Waals surface area contributed by atoms with E-state index >= 15 is 0 Å². The van der Waals surface area contributed by atoms with Gasteiger partial charge < -0.3 is 14.4 Å². The fourth-order valence-corrected chi connectivity index (χ4v) is 5.37. The third-order valence-corrected chi connectivity index (χ3v) is 6.95. The quantitative estimate of drug-likeness (QED) is 0.538. The van der Waals surface area contributed by atoms with Gasteiger partial charge in [-0.05, 0) is 75.4 Å². The molecule has 0 fully saturated rings. The number of anilines is 1. The van der Waals surface area contributed by atoms with E-state index in [9.17, 15) is 4.79 Å². The van der Waals surface area contributed by atoms with Crippen molar-refractivity contribution in [1.82, 2.24) is 0 Å². The standard InChI is InChI=1S/C28H29NO3/c1-5-10-21-18(4)28(32-27(21)30)23-15-14-20(29(6-2)7-3)17-25(23)31-24-16-13-19-11-8-9-12-22(19)26(24)28/h5,8,10-11,13-17H,6-7,9,12H2,1-4H3/b10-5-. The molecule has 2 aromatic rings. The molecule has 1 spiro atoms. The highest BCUT2D eigenvalue weighted by atomic mass is 16.6. The number of fused-ring (bicyclic) bond motifs is 6. The molecule has 0 bridgehead atoms. The summed E-state index contributed by atoms with van der Waals surface area (Å²) in [6.07, 6.45) is 9.98. The average molecular weight is 428 g/mol. The Morgan fingerprint density at radius 2 is 1.94 bits per heavy atom. The lowest BCUT2D eigenvalue weighted by Crippen LogP contribution is -2.35. The first kappa shape index (κ1) is 20.6. The molecule has 0 saturated carbocycles. The number of ether oxygens (including phenoxy) is 2. The lowest BCUT2D eigenvalue weighted by molar-refractivity contribution is -0.145. The van der Waals surface area contributed by atoms with E-state index in [1.54, 1.807) is 0 Å². The highest BCUT2D eigenvalue weighted by molar-refractivity contribution is 5.97. The molecule has 32 heavy (non-hydrogen) atoms. The molecular weight excluding hydrogens is 398 g/mol. The Balaban J connectivity index is 1.82. The maximum absolute atomic E-state index is 13.1. The number of rotatable bonds is 4. The minimum atomic E-state index is -0.965. The number of hydrogen-bond donors (Lipinski definition) is 0. The van der Waals surface area contributed by atoms with Crippen LogP contribution in [0.5, 0.6) is 11.5 Å². The van der Waals surface area contributed by atoms with Gasteiger partial charge in [0.25, 0.3) is 0 Å². The number of carbonyl (C=O) groups excluding carboxylic acids is 1. The molecule has 4 nitrogen and oxygen atoms in total. The zero-order valence-electron chi connectivity index (χ0n) is 19.2. The van der Waals surface area contributed by atoms with Gasteiger partial charge in [0.1, 0.15) is 11.5 Å². The molecule has 4 heteroatoms. The highest BCUT2D eigenvalue weighted by Crippen LogP contribution is 2.58. The Labute approximate surface area is 189 Å². The van der Waals surface area contributed by atoms with Gasteiger partial charge in [0.05, 0.1) is 11.1 Å². The van der Waals surface area contributed by atoms with E-state index in [-0.39, 0.29) is 5.97 Å². The number of carbonyl (C=O) groups is 1. The van der Waals surface area contributed by atoms with Crippen LogP contribution in [-0.2, 0) is 21.6 Å². The summed E-state index contributed by atoms with van der Waals surface area (Å²) in [5, 5.41) is 0. The van der Waals surface area contributed by atoms with E-state index in [0.29, 0.717) is 5.57 Å². The van der Waals surface area contributed by atoms with E-state index < -0.39 is 5.60 Å². The summed E-state index contributed by atoms with van der Waals surface area (Å²) in [4.78, 5) is 15.4. The van der Waals surface area contributed by atoms with E-state index in [2.05, 4.69) is 55.2 Å². The van der Waals surface area contributed by atoms with Crippen molar-refractivity contribution in [1.29, 1.82) is 0 Å². The van der Waals surface area contributed by atoms with Crippen LogP contribution in [0.15, 0.2) is 59.7 Å². The van der Waals surface area contributed by atoms with Gasteiger partial charge in [-0.25, -0.2) is 4.79 Å². The van der Waals surface area contributed by atoms with Crippen molar-refractivity contribution >= 4 is 17.7 Å². The molecule has 1 aliphatic carbocycles. The second kappa shape index (κ2) is 7.70. The molecule has 0 radical (unpaired) electrons. The topological polar surface area (TPSA) is 38.8 Å². The summed E-state index contributed by atoms with van der Waals surface area (Å²) < 4.78 is 12.9. The second-order valence-electron chi connectivity index (χ2n) is 8.51. The summed E-state index contributed by atoms with van der Waals surface area (Å²) in [6, 6.07) is 10.4. The van der Waals surface area contributed by atoms with Crippen LogP contribution in [0, 0.1) is 0 Å². The first-order chi connectivity index (χ1) is 15.5. The fraction of sp³-hybridized carbons (Fsp3) is 0.321. The van der Waals surface area contributed by atoms with Gasteiger partial charge in [-0.15, -0.1) is 0 Å². The molecule has 2 aromatic carbocycles. The summed E-state index contributed by atoms with van der Waals surface area (Å²) >= 11 is 0. The molecular formula is C28H29NO3. The van der Waals surface area contributed by atoms with Crippen molar-refractivity contribution in [2.24, 2.45) is 0 Å². The van der Waals surface area contributed by atoms with Crippen molar-refractivity contribution in [2.45, 2.75) is 46.1 Å². The number of allylic oxidation sites excluding steroid dienone is 2. The predicted octanol–water partition coefficient (Wildman–Crippen LogP) is 6.29. The van der Waals surface area contributed by atoms with Crippen LogP contribution in [0.25, 0.3) is 6.08 Å². The molecule has 0 N–H and O–H groups in total. The highest BCUT2D eigenvalue weighted by Gasteiger charge is 2.54. The SMILES string of the molecule is C/C=C\C1=C(C)C2(OC1=O)c1ccc(N(CC)CC)cc1Oc1ccc3c(c12)CCC=C3. The Bertz CT molecular complexity index is 1200. The number of nitrogens with zero attached hydrogens (tertiary/aromatic N) is 1. The number of benzene rings is 2. The summed E-state index contributed by atoms with van der Waals surface area (Å²) in [5.74, 6) is 1.25. The molecule has 2 heterocycles. The number of hydrogen-bond acceptors (Lipinski definition) is 4. The zero-order valence-corrected chi connectivity index (χ0v) is 19.2. The summed E-state index contributed by atoms with van der Waals surface area (Å²) in [6.45, 7) is 10.1. The third-order valence-electron chi connectivity index (χ3n) is 6.95. The van der Waals surface area contributed by atoms with E-state index in [4.69, 9.17) is 9.47 Å². The van der Waals surface area contributed by atoms with Gasteiger partial charge in [0.2, 0.25) is 0 Å². The largest absolute Gasteiger partial charge is 0.456 e. The lowest BCUT2D eigenvalue weighted by atomic mass is 9.73. The molecule has 0 saturated heterocycles. The van der Waals surface area contributed by atoms with Gasteiger partial charge in [-0.3, -0.25) is 0 Å². The smallest absolute Gasteiger partial charge is 0.339 e. The zero-order chi connectivity index (χ0) is 22.5. The molecule has 0 aromatic heterocycles. The van der Waals surface area contributed by atoms with Crippen molar-refractivity contribution < 1.29 is 14.3 Å². The summed E-state index contributed by atoms with van der Waals surface area (Å²) in [5.41, 5.74) is 5.94. The minimum absolute atomic E-state index is 0.281. The molecule has 2 aliphatic heterocycles. The van der Waals surface area contributed by atoms with E-state index in [1.165, 1.54) is 11.1 Å². The first-order valence-electron chi connectivity index (χ1n) is 11.5. The van der Waals surface area contributed by atoms with E-state index in [0.717, 1.165) is 59.8 Å². The van der Waals surface area contributed by atoms with Crippen LogP contribution in [0.2, 0.25) is 0 Å². The third kappa shape index (κ3) is 2.78. The van der Waals surface area contributed by atoms with Crippen LogP contribution in [0.3, 0.4) is 0 Å². The minimum Gasteiger partial charge on any atom is -0.456 e. The molecule has 0 amide bonds. The lowest BCUT2D eigenvalue weighted by Gasteiger charge is -2.40. The molecule has 3 aliphatic rings.